The Morgan fingerprint density at radius 2 is 1.60 bits per heavy atom. The Hall–Kier alpha value is -2.18. The van der Waals surface area contributed by atoms with Gasteiger partial charge in [-0.1, -0.05) is 11.6 Å². The van der Waals surface area contributed by atoms with Crippen LogP contribution in [0.4, 0.5) is 5.69 Å². The van der Waals surface area contributed by atoms with Gasteiger partial charge in [-0.25, -0.2) is 8.42 Å². The van der Waals surface area contributed by atoms with E-state index in [1.807, 2.05) is 0 Å². The minimum Gasteiger partial charge on any atom is -0.326 e. The summed E-state index contributed by atoms with van der Waals surface area (Å²) in [5.74, 6) is -0.446. The van der Waals surface area contributed by atoms with Crippen molar-refractivity contribution in [2.45, 2.75) is 24.7 Å². The Morgan fingerprint density at radius 3 is 2.16 bits per heavy atom. The summed E-state index contributed by atoms with van der Waals surface area (Å²) in [7, 11) is -3.44. The lowest BCUT2D eigenvalue weighted by Gasteiger charge is -2.07. The molecule has 0 atom stereocenters. The summed E-state index contributed by atoms with van der Waals surface area (Å²) in [6, 6.07) is 12.5. The average molecular weight is 380 g/mol. The van der Waals surface area contributed by atoms with Gasteiger partial charge in [0.2, 0.25) is 5.91 Å². The number of rotatable bonds is 7. The van der Waals surface area contributed by atoms with Crippen molar-refractivity contribution < 1.29 is 18.0 Å². The van der Waals surface area contributed by atoms with Crippen molar-refractivity contribution in [1.29, 1.82) is 0 Å². The number of nitrogens with one attached hydrogen (secondary N) is 1. The van der Waals surface area contributed by atoms with Gasteiger partial charge in [0.25, 0.3) is 0 Å². The molecule has 2 aromatic rings. The van der Waals surface area contributed by atoms with Gasteiger partial charge in [0, 0.05) is 22.7 Å². The monoisotopic (exact) mass is 379 g/mol. The van der Waals surface area contributed by atoms with Crippen molar-refractivity contribution in [3.05, 3.63) is 59.1 Å². The standard InChI is InChI=1S/C18H18ClNO4S/c1-13(21)14-4-8-16(9-5-14)20-18(22)3-2-12-25(23,24)17-10-6-15(19)7-11-17/h4-11H,2-3,12H2,1H3,(H,20,22). The molecule has 0 aliphatic rings. The van der Waals surface area contributed by atoms with Crippen molar-refractivity contribution in [3.63, 3.8) is 0 Å². The second-order valence-electron chi connectivity index (χ2n) is 5.56. The molecule has 0 saturated carbocycles. The van der Waals surface area contributed by atoms with E-state index in [2.05, 4.69) is 5.32 Å². The molecule has 0 aliphatic carbocycles. The normalized spacial score (nSPS) is 11.1. The molecule has 0 saturated heterocycles. The smallest absolute Gasteiger partial charge is 0.224 e. The van der Waals surface area contributed by atoms with E-state index >= 15 is 0 Å². The number of hydrogen-bond acceptors (Lipinski definition) is 4. The van der Waals surface area contributed by atoms with Crippen molar-refractivity contribution in [1.82, 2.24) is 0 Å². The SMILES string of the molecule is CC(=O)c1ccc(NC(=O)CCCS(=O)(=O)c2ccc(Cl)cc2)cc1. The van der Waals surface area contributed by atoms with Gasteiger partial charge in [0.15, 0.2) is 15.6 Å². The highest BCUT2D eigenvalue weighted by Crippen LogP contribution is 2.17. The Labute approximate surface area is 151 Å². The average Bonchev–Trinajstić information content (AvgIpc) is 2.55. The second-order valence-corrected chi connectivity index (χ2v) is 8.10. The molecule has 5 nitrogen and oxygen atoms in total. The molecule has 0 spiro atoms. The molecule has 0 fully saturated rings. The number of amides is 1. The van der Waals surface area contributed by atoms with Gasteiger partial charge >= 0.3 is 0 Å². The zero-order valence-electron chi connectivity index (χ0n) is 13.7. The fraction of sp³-hybridized carbons (Fsp3) is 0.222. The molecule has 2 rings (SSSR count). The first kappa shape index (κ1) is 19.1. The maximum Gasteiger partial charge on any atom is 0.224 e. The molecule has 0 bridgehead atoms. The van der Waals surface area contributed by atoms with E-state index in [1.165, 1.54) is 31.2 Å². The molecule has 0 radical (unpaired) electrons. The molecule has 7 heteroatoms. The highest BCUT2D eigenvalue weighted by molar-refractivity contribution is 7.91. The van der Waals surface area contributed by atoms with Crippen LogP contribution in [0.25, 0.3) is 0 Å². The predicted molar refractivity (Wildman–Crippen MR) is 97.8 cm³/mol. The number of sulfone groups is 1. The quantitative estimate of drug-likeness (QED) is 0.743. The number of benzene rings is 2. The van der Waals surface area contributed by atoms with Gasteiger partial charge in [-0.15, -0.1) is 0 Å². The molecule has 2 aromatic carbocycles. The highest BCUT2D eigenvalue weighted by Gasteiger charge is 2.15. The van der Waals surface area contributed by atoms with Crippen molar-refractivity contribution in [2.24, 2.45) is 0 Å². The Morgan fingerprint density at radius 1 is 1.00 bits per heavy atom. The van der Waals surface area contributed by atoms with Gasteiger partial charge in [0.1, 0.15) is 0 Å². The van der Waals surface area contributed by atoms with Crippen LogP contribution in [0, 0.1) is 0 Å². The molecule has 0 heterocycles. The zero-order chi connectivity index (χ0) is 18.4. The first-order valence-electron chi connectivity index (χ1n) is 7.67. The second kappa shape index (κ2) is 8.27. The largest absolute Gasteiger partial charge is 0.326 e. The molecule has 1 amide bonds. The number of anilines is 1. The number of carbonyl (C=O) groups is 2. The summed E-state index contributed by atoms with van der Waals surface area (Å²) in [5.41, 5.74) is 1.13. The Bertz CT molecular complexity index is 859. The molecule has 0 aliphatic heterocycles. The van der Waals surface area contributed by atoms with Gasteiger partial charge in [0.05, 0.1) is 10.6 Å². The summed E-state index contributed by atoms with van der Waals surface area (Å²) in [6.45, 7) is 1.47. The van der Waals surface area contributed by atoms with Crippen LogP contribution < -0.4 is 5.32 Å². The van der Waals surface area contributed by atoms with Gasteiger partial charge in [-0.05, 0) is 61.9 Å². The number of ketones is 1. The minimum atomic E-state index is -3.44. The minimum absolute atomic E-state index is 0.0507. The van der Waals surface area contributed by atoms with Crippen LogP contribution in [-0.4, -0.2) is 25.9 Å². The van der Waals surface area contributed by atoms with Crippen LogP contribution in [0.1, 0.15) is 30.1 Å². The van der Waals surface area contributed by atoms with Crippen LogP contribution in [0.3, 0.4) is 0 Å². The number of carbonyl (C=O) groups excluding carboxylic acids is 2. The lowest BCUT2D eigenvalue weighted by Crippen LogP contribution is -2.14. The van der Waals surface area contributed by atoms with Gasteiger partial charge in [-0.3, -0.25) is 9.59 Å². The van der Waals surface area contributed by atoms with Crippen LogP contribution in [0.2, 0.25) is 5.02 Å². The van der Waals surface area contributed by atoms with Crippen LogP contribution >= 0.6 is 11.6 Å². The van der Waals surface area contributed by atoms with E-state index in [9.17, 15) is 18.0 Å². The Kier molecular flexibility index (Phi) is 6.33. The summed E-state index contributed by atoms with van der Waals surface area (Å²) < 4.78 is 24.4. The maximum atomic E-state index is 12.2. The van der Waals surface area contributed by atoms with E-state index in [1.54, 1.807) is 24.3 Å². The van der Waals surface area contributed by atoms with Crippen LogP contribution in [0.15, 0.2) is 53.4 Å². The third-order valence-corrected chi connectivity index (χ3v) is 5.63. The molecule has 1 N–H and O–H groups in total. The molecular formula is C18H18ClNO4S. The van der Waals surface area contributed by atoms with Crippen LogP contribution in [0.5, 0.6) is 0 Å². The zero-order valence-corrected chi connectivity index (χ0v) is 15.2. The van der Waals surface area contributed by atoms with Crippen molar-refractivity contribution in [3.8, 4) is 0 Å². The fourth-order valence-electron chi connectivity index (χ4n) is 2.19. The summed E-state index contributed by atoms with van der Waals surface area (Å²) in [4.78, 5) is 23.3. The maximum absolute atomic E-state index is 12.2. The molecule has 132 valence electrons. The number of hydrogen-bond donors (Lipinski definition) is 1. The molecule has 25 heavy (non-hydrogen) atoms. The molecular weight excluding hydrogens is 362 g/mol. The molecule has 0 unspecified atom stereocenters. The van der Waals surface area contributed by atoms with Crippen molar-refractivity contribution in [2.75, 3.05) is 11.1 Å². The van der Waals surface area contributed by atoms with Gasteiger partial charge in [-0.2, -0.15) is 0 Å². The first-order valence-corrected chi connectivity index (χ1v) is 9.70. The van der Waals surface area contributed by atoms with E-state index in [0.29, 0.717) is 16.3 Å². The third-order valence-electron chi connectivity index (χ3n) is 3.56. The highest BCUT2D eigenvalue weighted by atomic mass is 35.5. The predicted octanol–water partition coefficient (Wildman–Crippen LogP) is 3.74. The Balaban J connectivity index is 1.85. The first-order chi connectivity index (χ1) is 11.8. The summed E-state index contributed by atoms with van der Waals surface area (Å²) in [5, 5.41) is 3.15. The van der Waals surface area contributed by atoms with E-state index in [0.717, 1.165) is 0 Å². The lowest BCUT2D eigenvalue weighted by atomic mass is 10.1. The van der Waals surface area contributed by atoms with Gasteiger partial charge < -0.3 is 5.32 Å². The van der Waals surface area contributed by atoms with Crippen molar-refractivity contribution >= 4 is 38.8 Å². The number of halogens is 1. The topological polar surface area (TPSA) is 80.3 Å². The summed E-state index contributed by atoms with van der Waals surface area (Å²) >= 11 is 5.75. The van der Waals surface area contributed by atoms with E-state index < -0.39 is 9.84 Å². The van der Waals surface area contributed by atoms with Crippen LogP contribution in [-0.2, 0) is 14.6 Å². The fourth-order valence-corrected chi connectivity index (χ4v) is 3.63. The molecule has 0 aromatic heterocycles. The third kappa shape index (κ3) is 5.69. The summed E-state index contributed by atoms with van der Waals surface area (Å²) in [6.07, 6.45) is 0.295. The van der Waals surface area contributed by atoms with E-state index in [4.69, 9.17) is 11.6 Å². The number of Topliss-reactive ketones (excluding diaryl/α,β-unsaturated/α-hetero) is 1. The van der Waals surface area contributed by atoms with E-state index in [-0.39, 0.29) is 35.2 Å². The lowest BCUT2D eigenvalue weighted by molar-refractivity contribution is -0.116.